The number of aliphatic hydroxyl groups is 1. The van der Waals surface area contributed by atoms with E-state index >= 15 is 0 Å². The molecule has 0 aliphatic heterocycles. The maximum Gasteiger partial charge on any atom is 0.255 e. The highest BCUT2D eigenvalue weighted by atomic mass is 16.3. The molecule has 0 unspecified atom stereocenters. The van der Waals surface area contributed by atoms with Gasteiger partial charge in [-0.3, -0.25) is 4.79 Å². The van der Waals surface area contributed by atoms with Crippen LogP contribution in [0.5, 0.6) is 0 Å². The number of rotatable bonds is 6. The maximum absolute atomic E-state index is 13.8. The van der Waals surface area contributed by atoms with E-state index in [1.807, 2.05) is 75.9 Å². The predicted octanol–water partition coefficient (Wildman–Crippen LogP) is 6.21. The number of benzene rings is 3. The van der Waals surface area contributed by atoms with Crippen molar-refractivity contribution in [2.75, 3.05) is 0 Å². The van der Waals surface area contributed by atoms with Crippen LogP contribution in [-0.2, 0) is 0 Å². The summed E-state index contributed by atoms with van der Waals surface area (Å²) in [7, 11) is 0. The van der Waals surface area contributed by atoms with Crippen molar-refractivity contribution in [2.24, 2.45) is 0 Å². The lowest BCUT2D eigenvalue weighted by Gasteiger charge is -2.33. The molecule has 0 radical (unpaired) electrons. The van der Waals surface area contributed by atoms with Gasteiger partial charge in [-0.05, 0) is 61.6 Å². The molecular formula is C26H31NO2. The Balaban J connectivity index is 2.32. The maximum atomic E-state index is 13.8. The zero-order valence-corrected chi connectivity index (χ0v) is 18.0. The standard InChI is InChI=1S/C26H31NO2/c1-6-24(28)23-16-10-15-22(25(23)26(29)27(17(2)3)18(4)5)21-14-9-12-19-11-7-8-13-20(19)21/h7-18,24,28H,6H2,1-5H3/t24-/m0/s1. The monoisotopic (exact) mass is 389 g/mol. The molecule has 1 amide bonds. The van der Waals surface area contributed by atoms with Crippen LogP contribution in [0.1, 0.15) is 63.1 Å². The number of fused-ring (bicyclic) bond motifs is 1. The Bertz CT molecular complexity index is 993. The predicted molar refractivity (Wildman–Crippen MR) is 121 cm³/mol. The van der Waals surface area contributed by atoms with E-state index in [9.17, 15) is 9.90 Å². The second-order valence-corrected chi connectivity index (χ2v) is 8.12. The third kappa shape index (κ3) is 4.06. The second-order valence-electron chi connectivity index (χ2n) is 8.12. The lowest BCUT2D eigenvalue weighted by molar-refractivity contribution is 0.0637. The fourth-order valence-corrected chi connectivity index (χ4v) is 4.19. The highest BCUT2D eigenvalue weighted by molar-refractivity contribution is 6.07. The lowest BCUT2D eigenvalue weighted by atomic mass is 9.88. The number of nitrogens with zero attached hydrogens (tertiary/aromatic N) is 1. The van der Waals surface area contributed by atoms with Crippen molar-refractivity contribution >= 4 is 16.7 Å². The Morgan fingerprint density at radius 3 is 2.10 bits per heavy atom. The number of carbonyl (C=O) groups excluding carboxylic acids is 1. The molecule has 1 atom stereocenters. The fraction of sp³-hybridized carbons (Fsp3) is 0.346. The zero-order valence-electron chi connectivity index (χ0n) is 18.0. The average molecular weight is 390 g/mol. The van der Waals surface area contributed by atoms with E-state index in [2.05, 4.69) is 24.3 Å². The Labute approximate surface area is 174 Å². The summed E-state index contributed by atoms with van der Waals surface area (Å²) in [6, 6.07) is 20.3. The summed E-state index contributed by atoms with van der Waals surface area (Å²) in [5.41, 5.74) is 3.21. The minimum absolute atomic E-state index is 0.0268. The Kier molecular flexibility index (Phi) is 6.39. The number of amides is 1. The molecule has 3 aromatic rings. The van der Waals surface area contributed by atoms with Gasteiger partial charge in [-0.15, -0.1) is 0 Å². The van der Waals surface area contributed by atoms with Crippen molar-refractivity contribution in [3.05, 3.63) is 71.8 Å². The van der Waals surface area contributed by atoms with E-state index in [0.717, 1.165) is 21.9 Å². The van der Waals surface area contributed by atoms with E-state index in [1.165, 1.54) is 0 Å². The van der Waals surface area contributed by atoms with Gasteiger partial charge < -0.3 is 10.0 Å². The molecule has 1 N–H and O–H groups in total. The molecule has 0 fully saturated rings. The van der Waals surface area contributed by atoms with Gasteiger partial charge in [-0.1, -0.05) is 67.6 Å². The molecule has 0 aliphatic rings. The molecule has 29 heavy (non-hydrogen) atoms. The first-order chi connectivity index (χ1) is 13.9. The minimum atomic E-state index is -0.676. The van der Waals surface area contributed by atoms with E-state index in [1.54, 1.807) is 0 Å². The highest BCUT2D eigenvalue weighted by Crippen LogP contribution is 2.36. The van der Waals surface area contributed by atoms with E-state index < -0.39 is 6.10 Å². The fourth-order valence-electron chi connectivity index (χ4n) is 4.19. The SMILES string of the molecule is CC[C@H](O)c1cccc(-c2cccc3ccccc23)c1C(=O)N(C(C)C)C(C)C. The number of hydrogen-bond acceptors (Lipinski definition) is 2. The summed E-state index contributed by atoms with van der Waals surface area (Å²) in [6.45, 7) is 10.1. The molecule has 3 nitrogen and oxygen atoms in total. The Morgan fingerprint density at radius 1 is 0.862 bits per heavy atom. The Hall–Kier alpha value is -2.65. The molecule has 3 aromatic carbocycles. The molecule has 0 bridgehead atoms. The van der Waals surface area contributed by atoms with E-state index in [4.69, 9.17) is 0 Å². The van der Waals surface area contributed by atoms with E-state index in [0.29, 0.717) is 17.5 Å². The van der Waals surface area contributed by atoms with Crippen LogP contribution in [0, 0.1) is 0 Å². The zero-order chi connectivity index (χ0) is 21.1. The molecule has 0 aromatic heterocycles. The molecule has 3 rings (SSSR count). The van der Waals surface area contributed by atoms with Gasteiger partial charge >= 0.3 is 0 Å². The molecule has 0 saturated carbocycles. The first-order valence-electron chi connectivity index (χ1n) is 10.5. The smallest absolute Gasteiger partial charge is 0.255 e. The van der Waals surface area contributed by atoms with Crippen LogP contribution in [0.4, 0.5) is 0 Å². The van der Waals surface area contributed by atoms with Crippen molar-refractivity contribution in [3.8, 4) is 11.1 Å². The third-order valence-electron chi connectivity index (χ3n) is 5.48. The number of hydrogen-bond donors (Lipinski definition) is 1. The highest BCUT2D eigenvalue weighted by Gasteiger charge is 2.28. The lowest BCUT2D eigenvalue weighted by Crippen LogP contribution is -2.42. The van der Waals surface area contributed by atoms with Gasteiger partial charge in [-0.2, -0.15) is 0 Å². The van der Waals surface area contributed by atoms with Gasteiger partial charge in [0.1, 0.15) is 0 Å². The molecule has 0 saturated heterocycles. The van der Waals surface area contributed by atoms with Crippen LogP contribution < -0.4 is 0 Å². The van der Waals surface area contributed by atoms with Crippen molar-refractivity contribution < 1.29 is 9.90 Å². The van der Waals surface area contributed by atoms with Crippen molar-refractivity contribution in [1.29, 1.82) is 0 Å². The molecule has 0 heterocycles. The van der Waals surface area contributed by atoms with E-state index in [-0.39, 0.29) is 18.0 Å². The van der Waals surface area contributed by atoms with Crippen LogP contribution in [0.3, 0.4) is 0 Å². The summed E-state index contributed by atoms with van der Waals surface area (Å²) in [5.74, 6) is -0.0268. The van der Waals surface area contributed by atoms with Crippen LogP contribution in [-0.4, -0.2) is 28.0 Å². The van der Waals surface area contributed by atoms with Crippen molar-refractivity contribution in [3.63, 3.8) is 0 Å². The van der Waals surface area contributed by atoms with Crippen molar-refractivity contribution in [1.82, 2.24) is 4.90 Å². The second kappa shape index (κ2) is 8.79. The summed E-state index contributed by atoms with van der Waals surface area (Å²) >= 11 is 0. The van der Waals surface area contributed by atoms with Gasteiger partial charge in [0.25, 0.3) is 5.91 Å². The number of aliphatic hydroxyl groups excluding tert-OH is 1. The van der Waals surface area contributed by atoms with Crippen LogP contribution in [0.2, 0.25) is 0 Å². The third-order valence-corrected chi connectivity index (χ3v) is 5.48. The summed E-state index contributed by atoms with van der Waals surface area (Å²) < 4.78 is 0. The summed E-state index contributed by atoms with van der Waals surface area (Å²) in [4.78, 5) is 15.7. The normalized spacial score (nSPS) is 12.6. The quantitative estimate of drug-likeness (QED) is 0.544. The van der Waals surface area contributed by atoms with Gasteiger partial charge in [0.2, 0.25) is 0 Å². The van der Waals surface area contributed by atoms with Gasteiger partial charge in [0.05, 0.1) is 11.7 Å². The average Bonchev–Trinajstić information content (AvgIpc) is 2.71. The topological polar surface area (TPSA) is 40.5 Å². The molecule has 152 valence electrons. The number of carbonyl (C=O) groups is 1. The first-order valence-corrected chi connectivity index (χ1v) is 10.5. The van der Waals surface area contributed by atoms with Crippen LogP contribution in [0.25, 0.3) is 21.9 Å². The largest absolute Gasteiger partial charge is 0.388 e. The summed E-state index contributed by atoms with van der Waals surface area (Å²) in [6.07, 6.45) is -0.118. The molecule has 0 spiro atoms. The van der Waals surface area contributed by atoms with Gasteiger partial charge in [-0.25, -0.2) is 0 Å². The van der Waals surface area contributed by atoms with Crippen LogP contribution >= 0.6 is 0 Å². The minimum Gasteiger partial charge on any atom is -0.388 e. The molecular weight excluding hydrogens is 358 g/mol. The molecule has 3 heteroatoms. The summed E-state index contributed by atoms with van der Waals surface area (Å²) in [5, 5.41) is 13.0. The Morgan fingerprint density at radius 2 is 1.45 bits per heavy atom. The van der Waals surface area contributed by atoms with Crippen molar-refractivity contribution in [2.45, 2.75) is 59.2 Å². The van der Waals surface area contributed by atoms with Gasteiger partial charge in [0, 0.05) is 12.1 Å². The van der Waals surface area contributed by atoms with Gasteiger partial charge in [0.15, 0.2) is 0 Å². The first kappa shape index (κ1) is 21.1. The van der Waals surface area contributed by atoms with Crippen LogP contribution in [0.15, 0.2) is 60.7 Å². The molecule has 0 aliphatic carbocycles.